The number of hydrogen-bond donors (Lipinski definition) is 7. The van der Waals surface area contributed by atoms with Crippen LogP contribution >= 0.6 is 0 Å². The number of ether oxygens (including phenoxy) is 6. The van der Waals surface area contributed by atoms with Gasteiger partial charge in [-0.15, -0.1) is 0 Å². The predicted octanol–water partition coefficient (Wildman–Crippen LogP) is 7.11. The van der Waals surface area contributed by atoms with E-state index in [2.05, 4.69) is 43.9 Å². The lowest BCUT2D eigenvalue weighted by atomic mass is 9.44. The Hall–Kier alpha value is -5.14. The Kier molecular flexibility index (Phi) is 20.3. The average Bonchev–Trinajstić information content (AvgIpc) is 0.677. The number of aliphatic hydroxyl groups excluding tert-OH is 5. The van der Waals surface area contributed by atoms with E-state index in [-0.39, 0.29) is 55.6 Å². The van der Waals surface area contributed by atoms with Crippen LogP contribution < -0.4 is 0 Å². The summed E-state index contributed by atoms with van der Waals surface area (Å²) in [6, 6.07) is 16.3. The van der Waals surface area contributed by atoms with Crippen LogP contribution in [0.4, 0.5) is 0 Å². The van der Waals surface area contributed by atoms with E-state index in [1.165, 1.54) is 32.9 Å². The molecule has 6 fully saturated rings. The van der Waals surface area contributed by atoms with Gasteiger partial charge >= 0.3 is 23.9 Å². The number of rotatable bonds is 10. The first kappa shape index (κ1) is 74.6. The van der Waals surface area contributed by atoms with E-state index in [0.717, 1.165) is 5.90 Å². The largest absolute Gasteiger partial charge is 0.535 e. The quantitative estimate of drug-likeness (QED) is 0.0311. The van der Waals surface area contributed by atoms with Crippen LogP contribution in [0.1, 0.15) is 123 Å². The summed E-state index contributed by atoms with van der Waals surface area (Å²) >= 11 is 0. The van der Waals surface area contributed by atoms with E-state index in [9.17, 15) is 59.7 Å². The van der Waals surface area contributed by atoms with Gasteiger partial charge in [0, 0.05) is 57.3 Å². The van der Waals surface area contributed by atoms with Crippen LogP contribution in [-0.4, -0.2) is 199 Å². The van der Waals surface area contributed by atoms with Gasteiger partial charge in [0.15, 0.2) is 45.2 Å². The number of carbonyl (C=O) groups excluding carboxylic acids is 6. The zero-order chi connectivity index (χ0) is 70.6. The Morgan fingerprint density at radius 3 is 1.27 bits per heavy atom. The molecule has 0 radical (unpaired) electrons. The van der Waals surface area contributed by atoms with Crippen LogP contribution in [0.5, 0.6) is 0 Å². The molecule has 25 heteroatoms. The van der Waals surface area contributed by atoms with Crippen LogP contribution in [0.25, 0.3) is 0 Å². The Morgan fingerprint density at radius 1 is 0.553 bits per heavy atom. The fourth-order valence-electron chi connectivity index (χ4n) is 16.7. The third-order valence-electron chi connectivity index (χ3n) is 21.3. The molecular weight excluding hydrogens is 1260 g/mol. The van der Waals surface area contributed by atoms with Gasteiger partial charge in [-0.2, -0.15) is 0 Å². The molecule has 2 aromatic rings. The Balaban J connectivity index is 0.000000206. The maximum Gasteiger partial charge on any atom is 0.338 e. The molecule has 10 rings (SSSR count). The Bertz CT molecular complexity index is 3370. The number of hydrogen-bond acceptors (Lipinski definition) is 22. The second-order valence-corrected chi connectivity index (χ2v) is 45.0. The highest BCUT2D eigenvalue weighted by Crippen LogP contribution is 2.66. The van der Waals surface area contributed by atoms with E-state index in [1.54, 1.807) is 97.0 Å². The van der Waals surface area contributed by atoms with Gasteiger partial charge < -0.3 is 73.0 Å². The maximum atomic E-state index is 15.1. The molecule has 0 aromatic heterocycles. The highest BCUT2D eigenvalue weighted by atomic mass is 28.4. The number of aliphatic hydroxyl groups is 7. The van der Waals surface area contributed by atoms with Crippen molar-refractivity contribution in [3.8, 4) is 0 Å². The van der Waals surface area contributed by atoms with E-state index in [1.807, 2.05) is 26.6 Å². The molecule has 4 bridgehead atoms. The number of benzene rings is 2. The van der Waals surface area contributed by atoms with E-state index >= 15 is 4.79 Å². The maximum absolute atomic E-state index is 15.1. The standard InChI is InChI=1S/C32H44O10Si.C29H36O10.C8H21NOSi2/c1-17-20(34)15-32(38)27(40-28(37)19-12-10-9-11-13-19)25-30(5,21(35)14-22-31(25,16-39-22)41-18(2)33)26(36)24(42-43(6,7)8)23(17)29(32,3)4;1-14-17(31)12-29(36)24(38-25(35)16-9-7-6-8-10-16)22-27(5,23(34)21(33)20(14)26(29,3)4)18(32)11-19-28(22,13-37-19)39-15(2)30;1-8(9-11(2,3)4)10-12(5,6)7/h9-13,20-22,24-25,27,34-35,38H,14-16H2,1-8H3;6-10,17-19,21-22,24,31-33,36H,11-13H2,1-5H3;1-7H3/t20-,21-,22+,24+,25?,27-,30+,31-,32+;17-,18-,19+,21+,22?,24-,27+,28-,29+;/m00./s1. The summed E-state index contributed by atoms with van der Waals surface area (Å²) < 4.78 is 52.8. The summed E-state index contributed by atoms with van der Waals surface area (Å²) in [6.45, 7) is 36.2. The second kappa shape index (κ2) is 25.6. The topological polar surface area (TPSA) is 330 Å². The van der Waals surface area contributed by atoms with E-state index in [0.29, 0.717) is 16.7 Å². The van der Waals surface area contributed by atoms with Gasteiger partial charge in [-0.1, -0.05) is 64.1 Å². The van der Waals surface area contributed by atoms with Crippen molar-refractivity contribution in [3.05, 3.63) is 94.1 Å². The van der Waals surface area contributed by atoms with Crippen LogP contribution in [0.2, 0.25) is 58.9 Å². The molecule has 2 aromatic carbocycles. The summed E-state index contributed by atoms with van der Waals surface area (Å²) in [5, 5.41) is 83.0. The molecule has 0 spiro atoms. The van der Waals surface area contributed by atoms with Gasteiger partial charge in [0.1, 0.15) is 47.8 Å². The third kappa shape index (κ3) is 12.8. The van der Waals surface area contributed by atoms with Gasteiger partial charge in [0.25, 0.3) is 0 Å². The summed E-state index contributed by atoms with van der Waals surface area (Å²) in [5.41, 5.74) is -11.6. The highest BCUT2D eigenvalue weighted by Gasteiger charge is 2.80. The van der Waals surface area contributed by atoms with E-state index in [4.69, 9.17) is 37.3 Å². The van der Waals surface area contributed by atoms with Crippen LogP contribution in [0.15, 0.2) is 87.6 Å². The highest BCUT2D eigenvalue weighted by molar-refractivity contribution is 6.76. The number of fused-ring (bicyclic) bond motifs is 10. The molecule has 520 valence electrons. The monoisotopic (exact) mass is 1360 g/mol. The second-order valence-electron chi connectivity index (χ2n) is 31.6. The third-order valence-corrected chi connectivity index (χ3v) is 24.1. The number of esters is 4. The van der Waals surface area contributed by atoms with Crippen LogP contribution in [-0.2, 0) is 56.5 Å². The number of Topliss-reactive ketones (excluding diaryl/α,β-unsaturated/α-hetero) is 2. The molecule has 2 heterocycles. The Morgan fingerprint density at radius 2 is 0.926 bits per heavy atom. The normalized spacial score (nSPS) is 38.1. The first-order valence-electron chi connectivity index (χ1n) is 32.5. The smallest absolute Gasteiger partial charge is 0.338 e. The van der Waals surface area contributed by atoms with Crippen molar-refractivity contribution in [1.82, 2.24) is 0 Å². The molecule has 6 aliphatic carbocycles. The molecule has 7 N–H and O–H groups in total. The van der Waals surface area contributed by atoms with Crippen molar-refractivity contribution in [2.45, 2.75) is 244 Å². The van der Waals surface area contributed by atoms with Gasteiger partial charge in [-0.05, 0) is 133 Å². The van der Waals surface area contributed by atoms with Crippen molar-refractivity contribution in [2.24, 2.45) is 38.2 Å². The lowest BCUT2D eigenvalue weighted by Gasteiger charge is -2.67. The van der Waals surface area contributed by atoms with Crippen LogP contribution in [0.3, 0.4) is 0 Å². The molecule has 4 saturated carbocycles. The van der Waals surface area contributed by atoms with Crippen molar-refractivity contribution >= 4 is 66.2 Å². The first-order chi connectivity index (χ1) is 43.0. The van der Waals surface area contributed by atoms with Crippen molar-refractivity contribution in [2.75, 3.05) is 13.2 Å². The summed E-state index contributed by atoms with van der Waals surface area (Å²) in [7, 11) is -5.24. The minimum absolute atomic E-state index is 0.0203. The lowest BCUT2D eigenvalue weighted by molar-refractivity contribution is -0.345. The fraction of sp³-hybridized carbons (Fsp3) is 0.667. The van der Waals surface area contributed by atoms with Gasteiger partial charge in [0.2, 0.25) is 8.32 Å². The van der Waals surface area contributed by atoms with Gasteiger partial charge in [0.05, 0.1) is 71.4 Å². The molecule has 8 aliphatic rings. The molecule has 0 amide bonds. The van der Waals surface area contributed by atoms with Crippen molar-refractivity contribution in [1.29, 1.82) is 0 Å². The Labute approximate surface area is 555 Å². The van der Waals surface area contributed by atoms with Gasteiger partial charge in [-0.3, -0.25) is 23.8 Å². The number of nitrogens with zero attached hydrogens (tertiary/aromatic N) is 1. The van der Waals surface area contributed by atoms with E-state index < -0.39 is 177 Å². The minimum atomic E-state index is -2.48. The molecule has 2 aliphatic heterocycles. The molecule has 94 heavy (non-hydrogen) atoms. The summed E-state index contributed by atoms with van der Waals surface area (Å²) in [6.07, 6.45) is -13.6. The van der Waals surface area contributed by atoms with Crippen molar-refractivity contribution < 1.29 is 102 Å². The van der Waals surface area contributed by atoms with Gasteiger partial charge in [-0.25, -0.2) is 9.59 Å². The molecule has 22 nitrogen and oxygen atoms in total. The fourth-order valence-corrected chi connectivity index (χ4v) is 19.6. The van der Waals surface area contributed by atoms with Crippen molar-refractivity contribution in [3.63, 3.8) is 0 Å². The summed E-state index contributed by atoms with van der Waals surface area (Å²) in [5.74, 6) is -5.87. The SMILES string of the molecule is CC(=N[Si](C)(C)C)O[Si](C)(C)C.CC(=O)O[C@@]12CO[C@@H]1C[C@H](O)[C@@]1(C)C(=O)[C@H](O)C3=C(C)[C@@H](O)C[C@@](O)([C@@H](OC(=O)c4ccccc4)C12)C3(C)C.CC(=O)O[C@@]12CO[C@@H]1C[C@H](O)[C@@]1(C)C(=O)[C@H](O[Si](C)(C)C)C3=C(C)[C@@H](O)C[C@@](O)([C@@H](OC(=O)c4ccccc4)C12)C3(C)C. The molecule has 2 unspecified atom stereocenters. The lowest BCUT2D eigenvalue weighted by Crippen LogP contribution is -2.82. The molecule has 18 atom stereocenters. The zero-order valence-electron chi connectivity index (χ0n) is 58.2. The minimum Gasteiger partial charge on any atom is -0.535 e. The molecule has 2 saturated heterocycles. The average molecular weight is 1360 g/mol. The number of ketones is 2. The predicted molar refractivity (Wildman–Crippen MR) is 353 cm³/mol. The number of carbonyl (C=O) groups is 6. The molecular formula is C69H101NO21Si3. The summed E-state index contributed by atoms with van der Waals surface area (Å²) in [4.78, 5) is 81.8. The van der Waals surface area contributed by atoms with Crippen LogP contribution in [0, 0.1) is 33.5 Å². The zero-order valence-corrected chi connectivity index (χ0v) is 61.2. The first-order valence-corrected chi connectivity index (χ1v) is 42.7.